The Morgan fingerprint density at radius 2 is 1.96 bits per heavy atom. The van der Waals surface area contributed by atoms with Crippen LogP contribution in [0.4, 0.5) is 0 Å². The number of nitrogens with one attached hydrogen (secondary N) is 1. The topological polar surface area (TPSA) is 90.5 Å². The van der Waals surface area contributed by atoms with Crippen LogP contribution in [0.5, 0.6) is 0 Å². The molecule has 4 rings (SSSR count). The minimum absolute atomic E-state index is 0.0379. The molecule has 3 aromatic rings. The zero-order valence-electron chi connectivity index (χ0n) is 14.2. The predicted octanol–water partition coefficient (Wildman–Crippen LogP) is 1.22. The number of nitrogens with zero attached hydrogens (tertiary/aromatic N) is 6. The molecule has 0 radical (unpaired) electrons. The lowest BCUT2D eigenvalue weighted by molar-refractivity contribution is 0.0921. The zero-order valence-corrected chi connectivity index (χ0v) is 14.2. The van der Waals surface area contributed by atoms with E-state index in [1.54, 1.807) is 6.92 Å². The first-order chi connectivity index (χ1) is 12.1. The van der Waals surface area contributed by atoms with Gasteiger partial charge < -0.3 is 9.88 Å². The zero-order chi connectivity index (χ0) is 17.4. The number of carbonyl (C=O) groups is 1. The molecule has 1 atom stereocenters. The van der Waals surface area contributed by atoms with Gasteiger partial charge in [0.2, 0.25) is 0 Å². The van der Waals surface area contributed by atoms with E-state index in [4.69, 9.17) is 0 Å². The van der Waals surface area contributed by atoms with Gasteiger partial charge in [-0.05, 0) is 32.4 Å². The van der Waals surface area contributed by atoms with Crippen molar-refractivity contribution < 1.29 is 4.79 Å². The third-order valence-electron chi connectivity index (χ3n) is 4.45. The molecule has 8 heteroatoms. The van der Waals surface area contributed by atoms with E-state index in [2.05, 4.69) is 30.3 Å². The number of fused-ring (bicyclic) bond motifs is 1. The Bertz CT molecular complexity index is 912. The molecular formula is C17H19N7O. The first-order valence-corrected chi connectivity index (χ1v) is 8.31. The highest BCUT2D eigenvalue weighted by Crippen LogP contribution is 2.15. The van der Waals surface area contributed by atoms with E-state index in [0.29, 0.717) is 17.9 Å². The molecule has 0 spiro atoms. The standard InChI is InChI=1S/C17H19N7O/c1-11-16(22-24(21-11)14-6-4-3-5-7-14)17(25)18-13-8-9-15-20-19-12(2)23(15)10-13/h3-7,13H,8-10H2,1-2H3,(H,18,25)/t13-/m1/s1. The molecule has 0 unspecified atom stereocenters. The number of hydrogen-bond donors (Lipinski definition) is 1. The number of carbonyl (C=O) groups excluding carboxylic acids is 1. The second kappa shape index (κ2) is 6.12. The molecular weight excluding hydrogens is 318 g/mol. The lowest BCUT2D eigenvalue weighted by Gasteiger charge is -2.24. The van der Waals surface area contributed by atoms with Crippen molar-refractivity contribution in [1.29, 1.82) is 0 Å². The minimum Gasteiger partial charge on any atom is -0.346 e. The maximum atomic E-state index is 12.6. The van der Waals surface area contributed by atoms with Gasteiger partial charge in [-0.15, -0.1) is 15.3 Å². The number of benzene rings is 1. The molecule has 0 saturated heterocycles. The average Bonchev–Trinajstić information content (AvgIpc) is 3.19. The number of para-hydroxylation sites is 1. The molecule has 1 amide bonds. The second-order valence-electron chi connectivity index (χ2n) is 6.24. The second-order valence-corrected chi connectivity index (χ2v) is 6.24. The lowest BCUT2D eigenvalue weighted by atomic mass is 10.1. The van der Waals surface area contributed by atoms with Gasteiger partial charge in [0.05, 0.1) is 11.4 Å². The summed E-state index contributed by atoms with van der Waals surface area (Å²) in [5.41, 5.74) is 1.79. The maximum absolute atomic E-state index is 12.6. The third-order valence-corrected chi connectivity index (χ3v) is 4.45. The molecule has 0 aliphatic carbocycles. The Morgan fingerprint density at radius 3 is 2.76 bits per heavy atom. The summed E-state index contributed by atoms with van der Waals surface area (Å²) in [6, 6.07) is 9.59. The molecule has 8 nitrogen and oxygen atoms in total. The average molecular weight is 337 g/mol. The van der Waals surface area contributed by atoms with Crippen LogP contribution in [0.2, 0.25) is 0 Å². The van der Waals surface area contributed by atoms with Crippen LogP contribution < -0.4 is 5.32 Å². The molecule has 128 valence electrons. The van der Waals surface area contributed by atoms with Crippen molar-refractivity contribution in [1.82, 2.24) is 35.1 Å². The molecule has 3 heterocycles. The minimum atomic E-state index is -0.196. The fraction of sp³-hybridized carbons (Fsp3) is 0.353. The van der Waals surface area contributed by atoms with Crippen LogP contribution in [0.25, 0.3) is 5.69 Å². The van der Waals surface area contributed by atoms with Crippen LogP contribution in [0.3, 0.4) is 0 Å². The highest BCUT2D eigenvalue weighted by molar-refractivity contribution is 5.93. The Morgan fingerprint density at radius 1 is 1.16 bits per heavy atom. The van der Waals surface area contributed by atoms with Crippen molar-refractivity contribution >= 4 is 5.91 Å². The van der Waals surface area contributed by atoms with Crippen LogP contribution >= 0.6 is 0 Å². The van der Waals surface area contributed by atoms with E-state index in [1.165, 1.54) is 4.80 Å². The van der Waals surface area contributed by atoms with Crippen LogP contribution in [0.1, 0.15) is 34.3 Å². The molecule has 0 fully saturated rings. The Hall–Kier alpha value is -3.03. The van der Waals surface area contributed by atoms with Crippen molar-refractivity contribution in [2.24, 2.45) is 0 Å². The smallest absolute Gasteiger partial charge is 0.274 e. The van der Waals surface area contributed by atoms with E-state index in [-0.39, 0.29) is 11.9 Å². The van der Waals surface area contributed by atoms with Crippen molar-refractivity contribution in [2.45, 2.75) is 39.3 Å². The van der Waals surface area contributed by atoms with Gasteiger partial charge in [0.25, 0.3) is 5.91 Å². The normalized spacial score (nSPS) is 16.5. The van der Waals surface area contributed by atoms with Crippen LogP contribution in [0.15, 0.2) is 30.3 Å². The highest BCUT2D eigenvalue weighted by Gasteiger charge is 2.25. The largest absolute Gasteiger partial charge is 0.346 e. The van der Waals surface area contributed by atoms with Gasteiger partial charge in [-0.3, -0.25) is 4.79 Å². The SMILES string of the molecule is Cc1nn(-c2ccccc2)nc1C(=O)N[C@@H]1CCc2nnc(C)n2C1. The third kappa shape index (κ3) is 2.90. The summed E-state index contributed by atoms with van der Waals surface area (Å²) >= 11 is 0. The fourth-order valence-corrected chi connectivity index (χ4v) is 3.10. The summed E-state index contributed by atoms with van der Waals surface area (Å²) < 4.78 is 2.06. The fourth-order valence-electron chi connectivity index (χ4n) is 3.10. The van der Waals surface area contributed by atoms with E-state index < -0.39 is 0 Å². The molecule has 2 aromatic heterocycles. The summed E-state index contributed by atoms with van der Waals surface area (Å²) in [4.78, 5) is 14.1. The van der Waals surface area contributed by atoms with E-state index in [1.807, 2.05) is 37.3 Å². The van der Waals surface area contributed by atoms with E-state index >= 15 is 0 Å². The summed E-state index contributed by atoms with van der Waals surface area (Å²) in [6.07, 6.45) is 1.65. The van der Waals surface area contributed by atoms with Gasteiger partial charge in [-0.1, -0.05) is 18.2 Å². The van der Waals surface area contributed by atoms with Crippen molar-refractivity contribution in [3.8, 4) is 5.69 Å². The summed E-state index contributed by atoms with van der Waals surface area (Å²) in [5, 5.41) is 20.0. The number of amides is 1. The maximum Gasteiger partial charge on any atom is 0.274 e. The van der Waals surface area contributed by atoms with Gasteiger partial charge in [-0.25, -0.2) is 0 Å². The quantitative estimate of drug-likeness (QED) is 0.776. The molecule has 1 aliphatic heterocycles. The van der Waals surface area contributed by atoms with Crippen LogP contribution in [0, 0.1) is 13.8 Å². The summed E-state index contributed by atoms with van der Waals surface area (Å²) in [5.74, 6) is 1.66. The molecule has 1 aromatic carbocycles. The Labute approximate surface area is 144 Å². The van der Waals surface area contributed by atoms with Gasteiger partial charge in [-0.2, -0.15) is 9.90 Å². The van der Waals surface area contributed by atoms with Gasteiger partial charge in [0.1, 0.15) is 11.6 Å². The molecule has 0 bridgehead atoms. The Kier molecular flexibility index (Phi) is 3.79. The molecule has 1 N–H and O–H groups in total. The number of hydrogen-bond acceptors (Lipinski definition) is 5. The molecule has 1 aliphatic rings. The van der Waals surface area contributed by atoms with Gasteiger partial charge in [0, 0.05) is 19.0 Å². The number of rotatable bonds is 3. The van der Waals surface area contributed by atoms with Crippen molar-refractivity contribution in [3.05, 3.63) is 53.4 Å². The van der Waals surface area contributed by atoms with Crippen LogP contribution in [-0.2, 0) is 13.0 Å². The van der Waals surface area contributed by atoms with Gasteiger partial charge in [0.15, 0.2) is 5.69 Å². The molecule has 25 heavy (non-hydrogen) atoms. The molecule has 0 saturated carbocycles. The van der Waals surface area contributed by atoms with E-state index in [9.17, 15) is 4.79 Å². The predicted molar refractivity (Wildman–Crippen MR) is 90.4 cm³/mol. The van der Waals surface area contributed by atoms with Crippen molar-refractivity contribution in [3.63, 3.8) is 0 Å². The van der Waals surface area contributed by atoms with Crippen LogP contribution in [-0.4, -0.2) is 41.7 Å². The van der Waals surface area contributed by atoms with E-state index in [0.717, 1.165) is 30.2 Å². The van der Waals surface area contributed by atoms with Gasteiger partial charge >= 0.3 is 0 Å². The number of aromatic nitrogens is 6. The monoisotopic (exact) mass is 337 g/mol. The highest BCUT2D eigenvalue weighted by atomic mass is 16.2. The Balaban J connectivity index is 1.51. The first-order valence-electron chi connectivity index (χ1n) is 8.31. The lowest BCUT2D eigenvalue weighted by Crippen LogP contribution is -2.41. The summed E-state index contributed by atoms with van der Waals surface area (Å²) in [7, 11) is 0. The summed E-state index contributed by atoms with van der Waals surface area (Å²) in [6.45, 7) is 4.41. The first kappa shape index (κ1) is 15.5. The number of aryl methyl sites for hydroxylation is 3. The van der Waals surface area contributed by atoms with Crippen molar-refractivity contribution in [2.75, 3.05) is 0 Å².